The monoisotopic (exact) mass is 846 g/mol. The van der Waals surface area contributed by atoms with Crippen LogP contribution in [0.3, 0.4) is 0 Å². The lowest BCUT2D eigenvalue weighted by atomic mass is 9.89. The van der Waals surface area contributed by atoms with Crippen LogP contribution >= 0.6 is 0 Å². The molecule has 1 saturated carbocycles. The summed E-state index contributed by atoms with van der Waals surface area (Å²) in [5.41, 5.74) is 5.40. The molecular formula is C45H48F2N10O5. The normalized spacial score (nSPS) is 23.1. The molecule has 0 radical (unpaired) electrons. The number of fused-ring (bicyclic) bond motifs is 8. The maximum absolute atomic E-state index is 15.3. The van der Waals surface area contributed by atoms with E-state index in [1.54, 1.807) is 23.0 Å². The number of piperidine rings is 1. The standard InChI is InChI=1S/C45H48F2N10O5/c1-25-15-29-18-37(49-25)33-21-48-53(2)44(33)62-14-8-27-17-30(27)24-57-38-16-26(3-5-36(38)50-45(57)52-41(29)59)22-54-10-12-55(13-11-54)43(61)28-7-9-56(23-28)31-19-34(46)40(35(47)20-31)32-4-6-39(58)51-42(32)60/h3,5,15-16,18-21,27-28,30,32H,4,6-14,17,22-24H2,1-2H3,(H,50,52,59)(H,51,58,60)/t27?,28-,30?,32-/m1/s1. The minimum Gasteiger partial charge on any atom is -0.477 e. The number of benzene rings is 2. The number of amides is 4. The van der Waals surface area contributed by atoms with Gasteiger partial charge in [0.25, 0.3) is 5.91 Å². The smallest absolute Gasteiger partial charge is 0.258 e. The highest BCUT2D eigenvalue weighted by molar-refractivity contribution is 6.05. The van der Waals surface area contributed by atoms with Gasteiger partial charge in [-0.15, -0.1) is 0 Å². The quantitative estimate of drug-likeness (QED) is 0.236. The van der Waals surface area contributed by atoms with Gasteiger partial charge in [-0.3, -0.25) is 39.7 Å². The Morgan fingerprint density at radius 1 is 0.903 bits per heavy atom. The predicted octanol–water partition coefficient (Wildman–Crippen LogP) is 4.78. The van der Waals surface area contributed by atoms with Crippen LogP contribution in [0.25, 0.3) is 22.3 Å². The van der Waals surface area contributed by atoms with Gasteiger partial charge in [0, 0.05) is 88.3 Å². The number of nitrogens with zero attached hydrogens (tertiary/aromatic N) is 8. The molecule has 0 spiro atoms. The maximum atomic E-state index is 15.3. The summed E-state index contributed by atoms with van der Waals surface area (Å²) in [6.45, 7) is 7.16. The average Bonchev–Trinajstić information content (AvgIpc) is 3.50. The van der Waals surface area contributed by atoms with E-state index in [1.807, 2.05) is 29.8 Å². The number of aromatic nitrogens is 5. The summed E-state index contributed by atoms with van der Waals surface area (Å²) < 4.78 is 40.7. The largest absolute Gasteiger partial charge is 0.477 e. The number of pyridine rings is 1. The number of aryl methyl sites for hydroxylation is 2. The van der Waals surface area contributed by atoms with E-state index in [2.05, 4.69) is 37.3 Å². The minimum atomic E-state index is -1.06. The van der Waals surface area contributed by atoms with Crippen LogP contribution in [0.1, 0.15) is 65.2 Å². The number of carbonyl (C=O) groups is 4. The van der Waals surface area contributed by atoms with Gasteiger partial charge in [0.1, 0.15) is 11.6 Å². The first kappa shape index (κ1) is 39.9. The van der Waals surface area contributed by atoms with Crippen molar-refractivity contribution in [2.45, 2.75) is 58.0 Å². The van der Waals surface area contributed by atoms with Crippen LogP contribution in [-0.2, 0) is 34.5 Å². The molecule has 322 valence electrons. The van der Waals surface area contributed by atoms with Crippen LogP contribution in [0.2, 0.25) is 0 Å². The number of anilines is 2. The Morgan fingerprint density at radius 3 is 2.50 bits per heavy atom. The topological polar surface area (TPSA) is 160 Å². The lowest BCUT2D eigenvalue weighted by molar-refractivity contribution is -0.137. The second-order valence-electron chi connectivity index (χ2n) is 17.4. The van der Waals surface area contributed by atoms with Crippen molar-refractivity contribution < 1.29 is 32.7 Å². The Bertz CT molecular complexity index is 2610. The van der Waals surface area contributed by atoms with Crippen LogP contribution < -0.4 is 20.3 Å². The van der Waals surface area contributed by atoms with Crippen molar-refractivity contribution in [3.8, 4) is 17.1 Å². The first-order chi connectivity index (χ1) is 29.9. The Morgan fingerprint density at radius 2 is 1.71 bits per heavy atom. The fraction of sp³-hybridized carbons (Fsp3) is 0.444. The van der Waals surface area contributed by atoms with Crippen molar-refractivity contribution in [2.24, 2.45) is 24.8 Å². The molecule has 15 nitrogen and oxygen atoms in total. The van der Waals surface area contributed by atoms with E-state index in [9.17, 15) is 19.2 Å². The third-order valence-corrected chi connectivity index (χ3v) is 13.3. The molecule has 62 heavy (non-hydrogen) atoms. The molecule has 5 aliphatic rings. The Labute approximate surface area is 356 Å². The molecule has 2 unspecified atom stereocenters. The zero-order valence-corrected chi connectivity index (χ0v) is 34.7. The first-order valence-electron chi connectivity index (χ1n) is 21.5. The molecule has 2 bridgehead atoms. The van der Waals surface area contributed by atoms with Gasteiger partial charge in [-0.25, -0.2) is 18.4 Å². The number of hydrogen-bond acceptors (Lipinski definition) is 10. The number of imide groups is 1. The summed E-state index contributed by atoms with van der Waals surface area (Å²) in [6, 6.07) is 12.2. The highest BCUT2D eigenvalue weighted by Gasteiger charge is 2.39. The number of ether oxygens (including phenoxy) is 1. The van der Waals surface area contributed by atoms with E-state index >= 15 is 8.78 Å². The molecule has 2 N–H and O–H groups in total. The molecule has 3 saturated heterocycles. The number of hydrogen-bond donors (Lipinski definition) is 2. The summed E-state index contributed by atoms with van der Waals surface area (Å²) in [5.74, 6) is -2.36. The number of piperazine rings is 1. The molecule has 4 amide bonds. The zero-order valence-electron chi connectivity index (χ0n) is 34.7. The van der Waals surface area contributed by atoms with Crippen molar-refractivity contribution in [3.63, 3.8) is 0 Å². The van der Waals surface area contributed by atoms with Crippen molar-refractivity contribution in [1.29, 1.82) is 0 Å². The zero-order chi connectivity index (χ0) is 42.8. The second kappa shape index (κ2) is 15.9. The second-order valence-corrected chi connectivity index (χ2v) is 17.4. The molecular weight excluding hydrogens is 799 g/mol. The number of nitrogens with one attached hydrogen (secondary N) is 2. The van der Waals surface area contributed by atoms with Crippen molar-refractivity contribution >= 4 is 46.3 Å². The molecule has 2 aromatic carbocycles. The summed E-state index contributed by atoms with van der Waals surface area (Å²) in [4.78, 5) is 67.1. The molecule has 3 aromatic heterocycles. The molecule has 17 heteroatoms. The van der Waals surface area contributed by atoms with Crippen molar-refractivity contribution in [3.05, 3.63) is 82.7 Å². The third kappa shape index (κ3) is 7.66. The molecule has 4 aliphatic heterocycles. The number of carbonyl (C=O) groups excluding carboxylic acids is 4. The summed E-state index contributed by atoms with van der Waals surface area (Å²) in [6.07, 6.45) is 4.33. The molecule has 7 heterocycles. The van der Waals surface area contributed by atoms with Crippen molar-refractivity contribution in [2.75, 3.05) is 56.1 Å². The van der Waals surface area contributed by atoms with Gasteiger partial charge in [-0.05, 0) is 86.4 Å². The van der Waals surface area contributed by atoms with Gasteiger partial charge >= 0.3 is 0 Å². The fourth-order valence-corrected chi connectivity index (χ4v) is 9.75. The van der Waals surface area contributed by atoms with Crippen LogP contribution in [0.15, 0.2) is 48.7 Å². The maximum Gasteiger partial charge on any atom is 0.258 e. The molecule has 10 rings (SSSR count). The Balaban J connectivity index is 0.796. The van der Waals surface area contributed by atoms with E-state index in [0.29, 0.717) is 105 Å². The van der Waals surface area contributed by atoms with Gasteiger partial charge in [-0.1, -0.05) is 6.07 Å². The van der Waals surface area contributed by atoms with Crippen LogP contribution in [0, 0.1) is 36.3 Å². The van der Waals surface area contributed by atoms with Crippen LogP contribution in [-0.4, -0.2) is 104 Å². The first-order valence-corrected chi connectivity index (χ1v) is 21.5. The number of rotatable bonds is 5. The van der Waals surface area contributed by atoms with Gasteiger partial charge in [-0.2, -0.15) is 5.10 Å². The number of halogens is 2. The average molecular weight is 847 g/mol. The Hall–Kier alpha value is -6.23. The van der Waals surface area contributed by atoms with E-state index in [-0.39, 0.29) is 36.1 Å². The fourth-order valence-electron chi connectivity index (χ4n) is 9.75. The minimum absolute atomic E-state index is 0.0223. The lowest BCUT2D eigenvalue weighted by Crippen LogP contribution is -2.50. The van der Waals surface area contributed by atoms with E-state index in [0.717, 1.165) is 41.5 Å². The van der Waals surface area contributed by atoms with Crippen LogP contribution in [0.4, 0.5) is 20.4 Å². The van der Waals surface area contributed by atoms with E-state index < -0.39 is 29.4 Å². The highest BCUT2D eigenvalue weighted by Crippen LogP contribution is 2.44. The SMILES string of the molecule is Cc1cc2cc(n1)-c1cnn(C)c1OCCC1CC1Cn1c(nc3ccc(CN4CCN(C(=O)[C@@H]5CCN(c6cc(F)c([C@H]7CCC(=O)NC7=O)c(F)c6)C5)CC4)cc31)NC2=O. The van der Waals surface area contributed by atoms with E-state index in [4.69, 9.17) is 14.7 Å². The summed E-state index contributed by atoms with van der Waals surface area (Å²) >= 11 is 0. The van der Waals surface area contributed by atoms with Gasteiger partial charge < -0.3 is 19.1 Å². The summed E-state index contributed by atoms with van der Waals surface area (Å²) in [7, 11) is 1.84. The number of imidazole rings is 1. The molecule has 5 aromatic rings. The lowest BCUT2D eigenvalue weighted by Gasteiger charge is -2.36. The Kier molecular flexibility index (Phi) is 10.2. The highest BCUT2D eigenvalue weighted by atomic mass is 19.1. The van der Waals surface area contributed by atoms with Gasteiger partial charge in [0.2, 0.25) is 29.5 Å². The van der Waals surface area contributed by atoms with Gasteiger partial charge in [0.05, 0.1) is 46.9 Å². The van der Waals surface area contributed by atoms with E-state index in [1.165, 1.54) is 12.1 Å². The van der Waals surface area contributed by atoms with Crippen molar-refractivity contribution in [1.82, 2.24) is 39.4 Å². The molecule has 1 aliphatic carbocycles. The summed E-state index contributed by atoms with van der Waals surface area (Å²) in [5, 5.41) is 9.70. The predicted molar refractivity (Wildman–Crippen MR) is 224 cm³/mol. The van der Waals surface area contributed by atoms with Gasteiger partial charge in [0.15, 0.2) is 0 Å². The van der Waals surface area contributed by atoms with Crippen LogP contribution in [0.5, 0.6) is 5.88 Å². The molecule has 4 atom stereocenters. The molecule has 4 fully saturated rings. The third-order valence-electron chi connectivity index (χ3n) is 13.3.